The fraction of sp³-hybridized carbons (Fsp3) is 0.500. The number of halogens is 3. The van der Waals surface area contributed by atoms with Crippen molar-refractivity contribution in [1.82, 2.24) is 29.1 Å². The molecule has 14 nitrogen and oxygen atoms in total. The van der Waals surface area contributed by atoms with Gasteiger partial charge in [0.2, 0.25) is 5.91 Å². The smallest absolute Gasteiger partial charge is 0.265 e. The van der Waals surface area contributed by atoms with Crippen molar-refractivity contribution in [3.8, 4) is 0 Å². The number of benzene rings is 2. The van der Waals surface area contributed by atoms with Gasteiger partial charge in [0.15, 0.2) is 0 Å². The number of aromatic nitrogens is 6. The van der Waals surface area contributed by atoms with E-state index in [9.17, 15) is 21.6 Å². The number of amides is 1. The summed E-state index contributed by atoms with van der Waals surface area (Å²) in [5, 5.41) is 2.78. The lowest BCUT2D eigenvalue weighted by Crippen LogP contribution is -2.26. The highest BCUT2D eigenvalue weighted by Crippen LogP contribution is 2.36. The summed E-state index contributed by atoms with van der Waals surface area (Å²) >= 11 is 12.5. The second-order valence-electron chi connectivity index (χ2n) is 20.5. The lowest BCUT2D eigenvalue weighted by Gasteiger charge is -2.26. The number of hydrogen-bond donors (Lipinski definition) is 1. The van der Waals surface area contributed by atoms with Crippen molar-refractivity contribution >= 4 is 109 Å². The van der Waals surface area contributed by atoms with Gasteiger partial charge in [-0.25, -0.2) is 36.8 Å². The van der Waals surface area contributed by atoms with E-state index in [1.54, 1.807) is 7.05 Å². The zero-order valence-corrected chi connectivity index (χ0v) is 46.5. The molecule has 0 atom stereocenters. The molecule has 0 spiro atoms. The summed E-state index contributed by atoms with van der Waals surface area (Å²) in [5.74, 6) is 3.34. The first-order valence-corrected chi connectivity index (χ1v) is 28.4. The Kier molecular flexibility index (Phi) is 16.0. The highest BCUT2D eigenvalue weighted by molar-refractivity contribution is 9.11. The predicted molar refractivity (Wildman–Crippen MR) is 284 cm³/mol. The number of fused-ring (bicyclic) bond motifs is 2. The van der Waals surface area contributed by atoms with Crippen molar-refractivity contribution in [2.75, 3.05) is 28.0 Å². The number of carbonyl (C=O) groups excluding carboxylic acids is 1. The molecule has 69 heavy (non-hydrogen) atoms. The lowest BCUT2D eigenvalue weighted by atomic mass is 9.88. The zero-order chi connectivity index (χ0) is 50.2. The van der Waals surface area contributed by atoms with Gasteiger partial charge in [0.1, 0.15) is 32.4 Å². The molecule has 2 saturated carbocycles. The summed E-state index contributed by atoms with van der Waals surface area (Å²) in [7, 11) is -4.63. The van der Waals surface area contributed by atoms with Crippen LogP contribution in [0.5, 0.6) is 0 Å². The van der Waals surface area contributed by atoms with Crippen LogP contribution in [0, 0.1) is 11.8 Å². The van der Waals surface area contributed by atoms with Gasteiger partial charge in [0, 0.05) is 57.3 Å². The highest BCUT2D eigenvalue weighted by atomic mass is 79.9. The van der Waals surface area contributed by atoms with E-state index in [0.717, 1.165) is 46.8 Å². The van der Waals surface area contributed by atoms with Gasteiger partial charge in [0.05, 0.1) is 42.4 Å². The van der Waals surface area contributed by atoms with Gasteiger partial charge in [-0.1, -0.05) is 91.7 Å². The molecule has 4 heterocycles. The Balaban J connectivity index is 0.000000205. The third-order valence-electron chi connectivity index (χ3n) is 13.1. The molecular weight excluding hydrogens is 1070 g/mol. The molecule has 2 aliphatic carbocycles. The minimum atomic E-state index is -3.89. The van der Waals surface area contributed by atoms with E-state index < -0.39 is 20.0 Å². The van der Waals surface area contributed by atoms with Crippen molar-refractivity contribution in [2.45, 2.75) is 146 Å². The summed E-state index contributed by atoms with van der Waals surface area (Å²) < 4.78 is 61.3. The number of rotatable bonds is 11. The summed E-state index contributed by atoms with van der Waals surface area (Å²) in [5.41, 5.74) is 4.50. The molecule has 6 aromatic rings. The van der Waals surface area contributed by atoms with Crippen molar-refractivity contribution in [2.24, 2.45) is 11.8 Å². The van der Waals surface area contributed by atoms with Gasteiger partial charge < -0.3 is 14.5 Å². The Labute approximate surface area is 429 Å². The average Bonchev–Trinajstić information content (AvgIpc) is 3.86. The van der Waals surface area contributed by atoms with E-state index in [1.807, 2.05) is 36.4 Å². The van der Waals surface area contributed by atoms with Crippen LogP contribution in [0.4, 0.5) is 17.2 Å². The van der Waals surface area contributed by atoms with Crippen molar-refractivity contribution < 1.29 is 21.6 Å². The molecule has 2 fully saturated rings. The van der Waals surface area contributed by atoms with Crippen LogP contribution >= 0.6 is 43.5 Å². The van der Waals surface area contributed by atoms with Crippen molar-refractivity contribution in [1.29, 1.82) is 0 Å². The maximum absolute atomic E-state index is 13.4. The molecule has 372 valence electrons. The van der Waals surface area contributed by atoms with Crippen LogP contribution < -0.4 is 13.9 Å². The Morgan fingerprint density at radius 2 is 1.07 bits per heavy atom. The molecule has 2 aromatic carbocycles. The molecule has 8 rings (SSSR count). The first kappa shape index (κ1) is 52.7. The number of nitrogens with one attached hydrogen (secondary N) is 1. The summed E-state index contributed by atoms with van der Waals surface area (Å²) in [4.78, 5) is 29.5. The Morgan fingerprint density at radius 1 is 0.667 bits per heavy atom. The fourth-order valence-electron chi connectivity index (χ4n) is 9.36. The predicted octanol–water partition coefficient (Wildman–Crippen LogP) is 12.4. The van der Waals surface area contributed by atoms with Gasteiger partial charge in [-0.15, -0.1) is 0 Å². The zero-order valence-electron chi connectivity index (χ0n) is 41.0. The Hall–Kier alpha value is -4.10. The first-order chi connectivity index (χ1) is 32.4. The van der Waals surface area contributed by atoms with Gasteiger partial charge in [-0.2, -0.15) is 0 Å². The molecule has 0 aliphatic heterocycles. The fourth-order valence-corrected chi connectivity index (χ4v) is 12.9. The van der Waals surface area contributed by atoms with E-state index in [2.05, 4.69) is 97.8 Å². The first-order valence-electron chi connectivity index (χ1n) is 23.6. The molecule has 0 saturated heterocycles. The second-order valence-corrected chi connectivity index (χ2v) is 26.5. The van der Waals surface area contributed by atoms with Gasteiger partial charge in [-0.05, 0) is 118 Å². The lowest BCUT2D eigenvalue weighted by molar-refractivity contribution is -0.114. The number of carbonyl (C=O) groups is 1. The number of pyridine rings is 2. The van der Waals surface area contributed by atoms with Gasteiger partial charge >= 0.3 is 0 Å². The van der Waals surface area contributed by atoms with Crippen LogP contribution in [0.2, 0.25) is 5.15 Å². The quantitative estimate of drug-likeness (QED) is 0.124. The van der Waals surface area contributed by atoms with Crippen molar-refractivity contribution in [3.63, 3.8) is 0 Å². The van der Waals surface area contributed by atoms with Crippen LogP contribution in [0.1, 0.15) is 124 Å². The van der Waals surface area contributed by atoms with Crippen LogP contribution in [-0.2, 0) is 48.8 Å². The Morgan fingerprint density at radius 3 is 1.45 bits per heavy atom. The van der Waals surface area contributed by atoms with E-state index in [1.165, 1.54) is 111 Å². The minimum Gasteiger partial charge on any atom is -0.327 e. The van der Waals surface area contributed by atoms with Gasteiger partial charge in [-0.3, -0.25) is 13.4 Å². The maximum atomic E-state index is 13.4. The number of nitrogens with zero attached hydrogens (tertiary/aromatic N) is 8. The van der Waals surface area contributed by atoms with Crippen LogP contribution in [0.15, 0.2) is 79.7 Å². The van der Waals surface area contributed by atoms with Gasteiger partial charge in [0.25, 0.3) is 20.0 Å². The summed E-state index contributed by atoms with van der Waals surface area (Å²) in [6.45, 7) is 16.3. The SMILES string of the molecule is CC(=O)Nc1ncc(S(=O)(=O)N(C)c2ccc3c(c2)nc(C(C)(C)C)n3CC2CCCCC2)cc1Br.CN(c1ccc2c(c1)nc(C(C)(C)C)n2CC1CCCCC1)S(=O)(=O)c1cnc(Cl)c(Br)c1. The molecular formula is C50H64Br2ClN9O5S2. The molecule has 0 bridgehead atoms. The minimum absolute atomic E-state index is 0.0179. The number of imidazole rings is 2. The highest BCUT2D eigenvalue weighted by Gasteiger charge is 2.30. The van der Waals surface area contributed by atoms with E-state index in [0.29, 0.717) is 32.2 Å². The molecule has 1 N–H and O–H groups in total. The average molecular weight is 1130 g/mol. The van der Waals surface area contributed by atoms with E-state index >= 15 is 0 Å². The van der Waals surface area contributed by atoms with E-state index in [4.69, 9.17) is 21.6 Å². The summed E-state index contributed by atoms with van der Waals surface area (Å²) in [6, 6.07) is 14.3. The molecule has 2 aliphatic rings. The molecule has 0 unspecified atom stereocenters. The molecule has 19 heteroatoms. The van der Waals surface area contributed by atoms with Crippen LogP contribution in [0.25, 0.3) is 22.1 Å². The summed E-state index contributed by atoms with van der Waals surface area (Å²) in [6.07, 6.45) is 15.3. The maximum Gasteiger partial charge on any atom is 0.265 e. The van der Waals surface area contributed by atoms with Crippen LogP contribution in [-0.4, -0.2) is 65.9 Å². The van der Waals surface area contributed by atoms with E-state index in [-0.39, 0.29) is 37.5 Å². The molecule has 0 radical (unpaired) electrons. The second kappa shape index (κ2) is 20.9. The number of anilines is 3. The third-order valence-corrected chi connectivity index (χ3v) is 18.3. The number of hydrogen-bond acceptors (Lipinski definition) is 9. The Bertz CT molecular complexity index is 3080. The van der Waals surface area contributed by atoms with Crippen LogP contribution in [0.3, 0.4) is 0 Å². The standard InChI is InChI=1S/C26H34BrN5O3S.C24H30BrClN4O2S/c1-17(33)29-24-21(27)14-20(15-28-24)36(34,35)31(5)19-11-12-23-22(13-19)30-25(26(2,3)4)32(23)16-18-9-7-6-8-10-18;1-24(2,3)23-28-20-12-17(10-11-21(20)30(23)15-16-8-6-5-7-9-16)29(4)33(31,32)18-13-19(25)22(26)27-14-18/h11-15,18H,6-10,16H2,1-5H3,(H,28,29,33);10-14,16H,5-9,15H2,1-4H3. The topological polar surface area (TPSA) is 165 Å². The number of sulfonamides is 2. The normalized spacial score (nSPS) is 15.5. The van der Waals surface area contributed by atoms with Crippen molar-refractivity contribution in [3.05, 3.63) is 86.7 Å². The largest absolute Gasteiger partial charge is 0.327 e. The molecule has 4 aromatic heterocycles. The monoisotopic (exact) mass is 1130 g/mol. The third kappa shape index (κ3) is 11.8. The molecule has 1 amide bonds.